The normalized spacial score (nSPS) is 30.2. The van der Waals surface area contributed by atoms with Crippen molar-refractivity contribution in [3.05, 3.63) is 17.5 Å². The first-order valence-corrected chi connectivity index (χ1v) is 10.9. The first-order chi connectivity index (χ1) is 12.6. The highest BCUT2D eigenvalue weighted by Crippen LogP contribution is 2.48. The van der Waals surface area contributed by atoms with E-state index in [1.165, 1.54) is 44.2 Å². The SMILES string of the molecule is CC1(C)[C@H](Cc2cc(CC3CCCCC3)on2)C[C@@H]1NC1CCOCC1. The van der Waals surface area contributed by atoms with Gasteiger partial charge in [0.15, 0.2) is 0 Å². The Morgan fingerprint density at radius 1 is 1.08 bits per heavy atom. The van der Waals surface area contributed by atoms with Gasteiger partial charge in [0.25, 0.3) is 0 Å². The summed E-state index contributed by atoms with van der Waals surface area (Å²) < 4.78 is 11.2. The number of nitrogens with zero attached hydrogens (tertiary/aromatic N) is 1. The Kier molecular flexibility index (Phi) is 5.70. The standard InChI is InChI=1S/C22H36N2O2/c1-22(2)17(14-21(22)23-18-8-10-25-11-9-18)13-19-15-20(26-24-19)12-16-6-4-3-5-7-16/h15-18,21,23H,3-14H2,1-2H3/t17-,21+/m1/s1. The van der Waals surface area contributed by atoms with Crippen molar-refractivity contribution >= 4 is 0 Å². The van der Waals surface area contributed by atoms with Gasteiger partial charge in [0, 0.05) is 37.8 Å². The lowest BCUT2D eigenvalue weighted by atomic mass is 9.57. The van der Waals surface area contributed by atoms with Gasteiger partial charge in [-0.3, -0.25) is 0 Å². The minimum Gasteiger partial charge on any atom is -0.381 e. The van der Waals surface area contributed by atoms with Crippen molar-refractivity contribution < 1.29 is 9.26 Å². The van der Waals surface area contributed by atoms with Crippen molar-refractivity contribution in [3.63, 3.8) is 0 Å². The maximum Gasteiger partial charge on any atom is 0.137 e. The molecule has 146 valence electrons. The molecule has 2 atom stereocenters. The van der Waals surface area contributed by atoms with Crippen molar-refractivity contribution in [1.29, 1.82) is 0 Å². The highest BCUT2D eigenvalue weighted by Gasteiger charge is 2.48. The number of nitrogens with one attached hydrogen (secondary N) is 1. The fraction of sp³-hybridized carbons (Fsp3) is 0.864. The predicted molar refractivity (Wildman–Crippen MR) is 103 cm³/mol. The van der Waals surface area contributed by atoms with Crippen LogP contribution in [0.5, 0.6) is 0 Å². The number of rotatable bonds is 6. The lowest BCUT2D eigenvalue weighted by Gasteiger charge is -2.54. The summed E-state index contributed by atoms with van der Waals surface area (Å²) in [6.07, 6.45) is 12.7. The van der Waals surface area contributed by atoms with Crippen molar-refractivity contribution in [3.8, 4) is 0 Å². The molecule has 0 radical (unpaired) electrons. The Morgan fingerprint density at radius 3 is 2.58 bits per heavy atom. The van der Waals surface area contributed by atoms with Gasteiger partial charge < -0.3 is 14.6 Å². The molecule has 0 aromatic carbocycles. The summed E-state index contributed by atoms with van der Waals surface area (Å²) in [4.78, 5) is 0. The largest absolute Gasteiger partial charge is 0.381 e. The third-order valence-electron chi connectivity index (χ3n) is 7.41. The van der Waals surface area contributed by atoms with Crippen LogP contribution in [-0.2, 0) is 17.6 Å². The second kappa shape index (κ2) is 8.02. The first-order valence-electron chi connectivity index (χ1n) is 10.9. The summed E-state index contributed by atoms with van der Waals surface area (Å²) in [5.74, 6) is 2.63. The number of hydrogen-bond donors (Lipinski definition) is 1. The average molecular weight is 361 g/mol. The molecule has 4 rings (SSSR count). The highest BCUT2D eigenvalue weighted by molar-refractivity contribution is 5.12. The summed E-state index contributed by atoms with van der Waals surface area (Å²) in [5, 5.41) is 8.29. The maximum atomic E-state index is 5.67. The van der Waals surface area contributed by atoms with Crippen LogP contribution in [0.3, 0.4) is 0 Å². The Labute approximate surface area is 158 Å². The molecular weight excluding hydrogens is 324 g/mol. The number of aromatic nitrogens is 1. The molecule has 1 aromatic rings. The minimum atomic E-state index is 0.334. The molecule has 0 spiro atoms. The van der Waals surface area contributed by atoms with Crippen molar-refractivity contribution in [2.45, 2.75) is 90.1 Å². The van der Waals surface area contributed by atoms with Gasteiger partial charge >= 0.3 is 0 Å². The molecule has 3 aliphatic rings. The van der Waals surface area contributed by atoms with E-state index in [4.69, 9.17) is 9.26 Å². The molecule has 1 saturated heterocycles. The van der Waals surface area contributed by atoms with Gasteiger partial charge in [0.2, 0.25) is 0 Å². The highest BCUT2D eigenvalue weighted by atomic mass is 16.5. The topological polar surface area (TPSA) is 47.3 Å². The summed E-state index contributed by atoms with van der Waals surface area (Å²) in [6, 6.07) is 3.51. The summed E-state index contributed by atoms with van der Waals surface area (Å²) in [6.45, 7) is 6.66. The van der Waals surface area contributed by atoms with Gasteiger partial charge in [0.05, 0.1) is 5.69 Å². The fourth-order valence-corrected chi connectivity index (χ4v) is 5.27. The van der Waals surface area contributed by atoms with E-state index in [0.717, 1.165) is 50.6 Å². The zero-order chi connectivity index (χ0) is 18.0. The van der Waals surface area contributed by atoms with Gasteiger partial charge in [-0.1, -0.05) is 51.1 Å². The van der Waals surface area contributed by atoms with E-state index >= 15 is 0 Å². The Morgan fingerprint density at radius 2 is 1.85 bits per heavy atom. The molecule has 0 bridgehead atoms. The van der Waals surface area contributed by atoms with Gasteiger partial charge in [-0.05, 0) is 42.9 Å². The molecule has 0 amide bonds. The smallest absolute Gasteiger partial charge is 0.137 e. The van der Waals surface area contributed by atoms with Crippen LogP contribution in [0.1, 0.15) is 76.7 Å². The summed E-state index contributed by atoms with van der Waals surface area (Å²) >= 11 is 0. The monoisotopic (exact) mass is 360 g/mol. The van der Waals surface area contributed by atoms with Crippen molar-refractivity contribution in [2.24, 2.45) is 17.3 Å². The van der Waals surface area contributed by atoms with Crippen molar-refractivity contribution in [2.75, 3.05) is 13.2 Å². The van der Waals surface area contributed by atoms with E-state index in [9.17, 15) is 0 Å². The second-order valence-corrected chi connectivity index (χ2v) is 9.56. The molecule has 0 unspecified atom stereocenters. The Hall–Kier alpha value is -0.870. The second-order valence-electron chi connectivity index (χ2n) is 9.56. The minimum absolute atomic E-state index is 0.334. The van der Waals surface area contributed by atoms with Crippen LogP contribution in [0.4, 0.5) is 0 Å². The van der Waals surface area contributed by atoms with Crippen LogP contribution in [0.15, 0.2) is 10.6 Å². The first kappa shape index (κ1) is 18.5. The lowest BCUT2D eigenvalue weighted by Crippen LogP contribution is -2.60. The number of hydrogen-bond acceptors (Lipinski definition) is 4. The molecular formula is C22H36N2O2. The fourth-order valence-electron chi connectivity index (χ4n) is 5.27. The van der Waals surface area contributed by atoms with Gasteiger partial charge in [-0.2, -0.15) is 0 Å². The number of ether oxygens (including phenoxy) is 1. The lowest BCUT2D eigenvalue weighted by molar-refractivity contribution is -0.00757. The average Bonchev–Trinajstić information content (AvgIpc) is 3.10. The molecule has 2 aliphatic carbocycles. The Bertz CT molecular complexity index is 570. The molecule has 1 aliphatic heterocycles. The molecule has 4 nitrogen and oxygen atoms in total. The third-order valence-corrected chi connectivity index (χ3v) is 7.41. The summed E-state index contributed by atoms with van der Waals surface area (Å²) in [5.41, 5.74) is 1.50. The predicted octanol–water partition coefficient (Wildman–Crippen LogP) is 4.52. The summed E-state index contributed by atoms with van der Waals surface area (Å²) in [7, 11) is 0. The van der Waals surface area contributed by atoms with E-state index in [0.29, 0.717) is 23.4 Å². The van der Waals surface area contributed by atoms with E-state index in [1.54, 1.807) is 0 Å². The van der Waals surface area contributed by atoms with E-state index in [2.05, 4.69) is 30.4 Å². The maximum absolute atomic E-state index is 5.67. The van der Waals surface area contributed by atoms with Crippen LogP contribution in [0.2, 0.25) is 0 Å². The van der Waals surface area contributed by atoms with Gasteiger partial charge in [-0.25, -0.2) is 0 Å². The van der Waals surface area contributed by atoms with Crippen molar-refractivity contribution in [1.82, 2.24) is 10.5 Å². The molecule has 1 aromatic heterocycles. The van der Waals surface area contributed by atoms with E-state index < -0.39 is 0 Å². The zero-order valence-corrected chi connectivity index (χ0v) is 16.6. The van der Waals surface area contributed by atoms with Gasteiger partial charge in [-0.15, -0.1) is 0 Å². The molecule has 2 saturated carbocycles. The third kappa shape index (κ3) is 4.17. The van der Waals surface area contributed by atoms with Gasteiger partial charge in [0.1, 0.15) is 5.76 Å². The van der Waals surface area contributed by atoms with E-state index in [1.807, 2.05) is 0 Å². The molecule has 4 heteroatoms. The molecule has 26 heavy (non-hydrogen) atoms. The van der Waals surface area contributed by atoms with Crippen LogP contribution in [0.25, 0.3) is 0 Å². The zero-order valence-electron chi connectivity index (χ0n) is 16.6. The van der Waals surface area contributed by atoms with E-state index in [-0.39, 0.29) is 0 Å². The Balaban J connectivity index is 1.26. The van der Waals surface area contributed by atoms with Crippen LogP contribution in [0, 0.1) is 17.3 Å². The van der Waals surface area contributed by atoms with Crippen LogP contribution >= 0.6 is 0 Å². The quantitative estimate of drug-likeness (QED) is 0.810. The molecule has 1 N–H and O–H groups in total. The molecule has 3 fully saturated rings. The molecule has 2 heterocycles. The van der Waals surface area contributed by atoms with Crippen LogP contribution in [-0.4, -0.2) is 30.5 Å². The van der Waals surface area contributed by atoms with Crippen LogP contribution < -0.4 is 5.32 Å².